The first kappa shape index (κ1) is 15.8. The molecule has 0 radical (unpaired) electrons. The van der Waals surface area contributed by atoms with Crippen molar-refractivity contribution in [2.45, 2.75) is 13.0 Å². The molecule has 0 aliphatic heterocycles. The smallest absolute Gasteiger partial charge is 0.288 e. The van der Waals surface area contributed by atoms with Crippen LogP contribution < -0.4 is 4.74 Å². The molecule has 1 atom stereocenters. The molecule has 0 saturated carbocycles. The van der Waals surface area contributed by atoms with Crippen molar-refractivity contribution < 1.29 is 14.8 Å². The van der Waals surface area contributed by atoms with Crippen molar-refractivity contribution in [1.82, 2.24) is 0 Å². The Balaban J connectivity index is 2.26. The van der Waals surface area contributed by atoms with Crippen molar-refractivity contribution in [2.75, 3.05) is 0 Å². The molecular weight excluding hydrogens is 362 g/mol. The van der Waals surface area contributed by atoms with Crippen LogP contribution in [0.25, 0.3) is 0 Å². The van der Waals surface area contributed by atoms with Gasteiger partial charge in [0.25, 0.3) is 5.69 Å². The highest BCUT2D eigenvalue weighted by Crippen LogP contribution is 2.35. The lowest BCUT2D eigenvalue weighted by atomic mass is 10.1. The van der Waals surface area contributed by atoms with Gasteiger partial charge in [-0.1, -0.05) is 17.7 Å². The van der Waals surface area contributed by atoms with Crippen molar-refractivity contribution in [1.29, 1.82) is 0 Å². The van der Waals surface area contributed by atoms with Crippen LogP contribution in [-0.2, 0) is 0 Å². The summed E-state index contributed by atoms with van der Waals surface area (Å²) < 4.78 is 6.29. The molecule has 5 nitrogen and oxygen atoms in total. The van der Waals surface area contributed by atoms with E-state index in [9.17, 15) is 15.2 Å². The summed E-state index contributed by atoms with van der Waals surface area (Å²) in [5.41, 5.74) is 0.573. The van der Waals surface area contributed by atoms with Crippen molar-refractivity contribution in [2.24, 2.45) is 0 Å². The van der Waals surface area contributed by atoms with E-state index in [-0.39, 0.29) is 10.7 Å². The summed E-state index contributed by atoms with van der Waals surface area (Å²) in [5.74, 6) is 0.903. The average Bonchev–Trinajstić information content (AvgIpc) is 2.40. The van der Waals surface area contributed by atoms with Crippen LogP contribution >= 0.6 is 27.5 Å². The van der Waals surface area contributed by atoms with Crippen LogP contribution in [-0.4, -0.2) is 10.0 Å². The third-order valence-corrected chi connectivity index (χ3v) is 3.70. The maximum absolute atomic E-state index is 10.7. The van der Waals surface area contributed by atoms with Crippen LogP contribution in [0.5, 0.6) is 11.5 Å². The number of aliphatic hydroxyl groups is 1. The van der Waals surface area contributed by atoms with Gasteiger partial charge in [-0.25, -0.2) is 0 Å². The molecule has 2 rings (SSSR count). The number of nitro groups is 1. The van der Waals surface area contributed by atoms with E-state index in [2.05, 4.69) is 15.9 Å². The first-order valence-electron chi connectivity index (χ1n) is 5.98. The van der Waals surface area contributed by atoms with Gasteiger partial charge >= 0.3 is 0 Å². The van der Waals surface area contributed by atoms with Crippen LogP contribution in [0.2, 0.25) is 5.02 Å². The molecule has 0 amide bonds. The minimum absolute atomic E-state index is 0.00854. The second-order valence-corrected chi connectivity index (χ2v) is 5.60. The van der Waals surface area contributed by atoms with Gasteiger partial charge < -0.3 is 9.84 Å². The minimum atomic E-state index is -0.579. The van der Waals surface area contributed by atoms with Gasteiger partial charge in [0.2, 0.25) is 0 Å². The molecule has 0 aliphatic carbocycles. The Morgan fingerprint density at radius 2 is 2.05 bits per heavy atom. The highest BCUT2D eigenvalue weighted by molar-refractivity contribution is 9.10. The first-order valence-corrected chi connectivity index (χ1v) is 7.15. The second kappa shape index (κ2) is 6.43. The number of nitrogens with zero attached hydrogens (tertiary/aromatic N) is 1. The molecule has 7 heteroatoms. The Bertz CT molecular complexity index is 691. The number of hydrogen-bond acceptors (Lipinski definition) is 4. The Hall–Kier alpha value is -1.63. The quantitative estimate of drug-likeness (QED) is 0.614. The van der Waals surface area contributed by atoms with Gasteiger partial charge in [0, 0.05) is 12.1 Å². The van der Waals surface area contributed by atoms with Crippen LogP contribution in [0.4, 0.5) is 5.69 Å². The lowest BCUT2D eigenvalue weighted by Gasteiger charge is -2.11. The van der Waals surface area contributed by atoms with E-state index in [1.165, 1.54) is 18.2 Å². The molecule has 2 aromatic carbocycles. The molecule has 0 spiro atoms. The number of nitro benzene ring substituents is 1. The van der Waals surface area contributed by atoms with E-state index in [0.29, 0.717) is 16.0 Å². The topological polar surface area (TPSA) is 72.6 Å². The summed E-state index contributed by atoms with van der Waals surface area (Å²) in [7, 11) is 0. The lowest BCUT2D eigenvalue weighted by Crippen LogP contribution is -1.93. The molecule has 2 aromatic rings. The fraction of sp³-hybridized carbons (Fsp3) is 0.143. The highest BCUT2D eigenvalue weighted by atomic mass is 79.9. The van der Waals surface area contributed by atoms with E-state index in [0.717, 1.165) is 5.56 Å². The molecule has 110 valence electrons. The molecule has 1 N–H and O–H groups in total. The van der Waals surface area contributed by atoms with Crippen LogP contribution in [0, 0.1) is 10.1 Å². The Kier molecular flexibility index (Phi) is 4.82. The number of ether oxygens (including phenoxy) is 1. The standard InChI is InChI=1S/C14H11BrClNO4/c1-8(18)9-2-5-14(11(15)6-9)21-10-3-4-13(17(19)20)12(16)7-10/h2-8,18H,1H3. The number of benzene rings is 2. The third kappa shape index (κ3) is 3.72. The van der Waals surface area contributed by atoms with E-state index in [4.69, 9.17) is 16.3 Å². The summed E-state index contributed by atoms with van der Waals surface area (Å²) in [6, 6.07) is 9.32. The second-order valence-electron chi connectivity index (χ2n) is 4.34. The number of rotatable bonds is 4. The molecule has 21 heavy (non-hydrogen) atoms. The zero-order valence-corrected chi connectivity index (χ0v) is 13.3. The van der Waals surface area contributed by atoms with Gasteiger partial charge in [-0.3, -0.25) is 10.1 Å². The number of halogens is 2. The fourth-order valence-corrected chi connectivity index (χ4v) is 2.40. The summed E-state index contributed by atoms with van der Waals surface area (Å²) in [6.45, 7) is 1.67. The van der Waals surface area contributed by atoms with Crippen LogP contribution in [0.15, 0.2) is 40.9 Å². The lowest BCUT2D eigenvalue weighted by molar-refractivity contribution is -0.384. The van der Waals surface area contributed by atoms with Crippen LogP contribution in [0.1, 0.15) is 18.6 Å². The Labute approximate surface area is 134 Å². The summed E-state index contributed by atoms with van der Waals surface area (Å²) in [6.07, 6.45) is -0.579. The molecule has 0 aromatic heterocycles. The Morgan fingerprint density at radius 3 is 2.57 bits per heavy atom. The monoisotopic (exact) mass is 371 g/mol. The largest absolute Gasteiger partial charge is 0.456 e. The molecule has 0 aliphatic rings. The SMILES string of the molecule is CC(O)c1ccc(Oc2ccc([N+](=O)[O-])c(Cl)c2)c(Br)c1. The van der Waals surface area contributed by atoms with Crippen molar-refractivity contribution >= 4 is 33.2 Å². The summed E-state index contributed by atoms with van der Waals surface area (Å²) in [4.78, 5) is 10.1. The van der Waals surface area contributed by atoms with Gasteiger partial charge in [-0.15, -0.1) is 0 Å². The zero-order chi connectivity index (χ0) is 15.6. The van der Waals surface area contributed by atoms with Crippen molar-refractivity contribution in [3.63, 3.8) is 0 Å². The summed E-state index contributed by atoms with van der Waals surface area (Å²) in [5, 5.41) is 20.2. The van der Waals surface area contributed by atoms with Crippen molar-refractivity contribution in [3.05, 3.63) is 61.6 Å². The maximum Gasteiger partial charge on any atom is 0.288 e. The number of aliphatic hydroxyl groups excluding tert-OH is 1. The molecule has 0 fully saturated rings. The highest BCUT2D eigenvalue weighted by Gasteiger charge is 2.14. The Morgan fingerprint density at radius 1 is 1.33 bits per heavy atom. The van der Waals surface area contributed by atoms with Crippen molar-refractivity contribution in [3.8, 4) is 11.5 Å². The van der Waals surface area contributed by atoms with Gasteiger partial charge in [0.05, 0.1) is 15.5 Å². The van der Waals surface area contributed by atoms with E-state index in [1.807, 2.05) is 0 Å². The molecule has 0 bridgehead atoms. The van der Waals surface area contributed by atoms with Gasteiger partial charge in [-0.2, -0.15) is 0 Å². The molecule has 1 unspecified atom stereocenters. The first-order chi connectivity index (χ1) is 9.88. The normalized spacial score (nSPS) is 12.0. The van der Waals surface area contributed by atoms with E-state index < -0.39 is 11.0 Å². The minimum Gasteiger partial charge on any atom is -0.456 e. The predicted octanol–water partition coefficient (Wildman–Crippen LogP) is 4.86. The molecular formula is C14H11BrClNO4. The van der Waals surface area contributed by atoms with Crippen LogP contribution in [0.3, 0.4) is 0 Å². The average molecular weight is 373 g/mol. The predicted molar refractivity (Wildman–Crippen MR) is 83.0 cm³/mol. The fourth-order valence-electron chi connectivity index (χ4n) is 1.69. The van der Waals surface area contributed by atoms with Gasteiger partial charge in [0.1, 0.15) is 16.5 Å². The van der Waals surface area contributed by atoms with E-state index >= 15 is 0 Å². The number of hydrogen-bond donors (Lipinski definition) is 1. The van der Waals surface area contributed by atoms with Gasteiger partial charge in [-0.05, 0) is 46.6 Å². The third-order valence-electron chi connectivity index (χ3n) is 2.78. The molecule has 0 heterocycles. The van der Waals surface area contributed by atoms with Gasteiger partial charge in [0.15, 0.2) is 0 Å². The zero-order valence-electron chi connectivity index (χ0n) is 10.9. The van der Waals surface area contributed by atoms with E-state index in [1.54, 1.807) is 25.1 Å². The maximum atomic E-state index is 10.7. The molecule has 0 saturated heterocycles. The summed E-state index contributed by atoms with van der Waals surface area (Å²) >= 11 is 9.18.